The zero-order valence-electron chi connectivity index (χ0n) is 11.5. The fraction of sp³-hybridized carbons (Fsp3) is 0.500. The van der Waals surface area contributed by atoms with Crippen molar-refractivity contribution < 1.29 is 9.72 Å². The zero-order valence-corrected chi connectivity index (χ0v) is 11.5. The Morgan fingerprint density at radius 1 is 1.40 bits per heavy atom. The van der Waals surface area contributed by atoms with E-state index in [-0.39, 0.29) is 24.1 Å². The van der Waals surface area contributed by atoms with Crippen LogP contribution in [0.15, 0.2) is 24.3 Å². The van der Waals surface area contributed by atoms with Gasteiger partial charge in [-0.15, -0.1) is 0 Å². The SMILES string of the molecule is CC1CC(N)CN(C(=O)Cc2ccc([N+](=O)[O-])cc2)C1. The monoisotopic (exact) mass is 277 g/mol. The van der Waals surface area contributed by atoms with Crippen LogP contribution in [0.1, 0.15) is 18.9 Å². The Morgan fingerprint density at radius 2 is 2.05 bits per heavy atom. The summed E-state index contributed by atoms with van der Waals surface area (Å²) in [6.07, 6.45) is 1.21. The summed E-state index contributed by atoms with van der Waals surface area (Å²) in [7, 11) is 0. The first-order chi connectivity index (χ1) is 9.45. The number of hydrogen-bond donors (Lipinski definition) is 1. The van der Waals surface area contributed by atoms with Gasteiger partial charge in [-0.2, -0.15) is 0 Å². The Morgan fingerprint density at radius 3 is 2.60 bits per heavy atom. The van der Waals surface area contributed by atoms with Crippen LogP contribution in [0.3, 0.4) is 0 Å². The average Bonchev–Trinajstić information content (AvgIpc) is 2.38. The molecule has 108 valence electrons. The van der Waals surface area contributed by atoms with Gasteiger partial charge in [0.2, 0.25) is 5.91 Å². The van der Waals surface area contributed by atoms with E-state index in [4.69, 9.17) is 5.73 Å². The molecule has 2 rings (SSSR count). The fourth-order valence-corrected chi connectivity index (χ4v) is 2.63. The molecule has 0 aromatic heterocycles. The molecule has 0 spiro atoms. The highest BCUT2D eigenvalue weighted by atomic mass is 16.6. The number of non-ortho nitro benzene ring substituents is 1. The number of nitrogens with zero attached hydrogens (tertiary/aromatic N) is 2. The highest BCUT2D eigenvalue weighted by Crippen LogP contribution is 2.17. The number of hydrogen-bond acceptors (Lipinski definition) is 4. The summed E-state index contributed by atoms with van der Waals surface area (Å²) >= 11 is 0. The Hall–Kier alpha value is -1.95. The third kappa shape index (κ3) is 3.54. The van der Waals surface area contributed by atoms with E-state index in [2.05, 4.69) is 6.92 Å². The van der Waals surface area contributed by atoms with Crippen molar-refractivity contribution in [2.75, 3.05) is 13.1 Å². The zero-order chi connectivity index (χ0) is 14.7. The lowest BCUT2D eigenvalue weighted by Crippen LogP contribution is -2.49. The van der Waals surface area contributed by atoms with Gasteiger partial charge in [0.25, 0.3) is 5.69 Å². The van der Waals surface area contributed by atoms with Crippen molar-refractivity contribution in [3.8, 4) is 0 Å². The molecule has 2 atom stereocenters. The molecule has 1 amide bonds. The second-order valence-electron chi connectivity index (χ2n) is 5.50. The van der Waals surface area contributed by atoms with Gasteiger partial charge in [-0.05, 0) is 17.9 Å². The lowest BCUT2D eigenvalue weighted by molar-refractivity contribution is -0.384. The molecule has 0 aliphatic carbocycles. The lowest BCUT2D eigenvalue weighted by Gasteiger charge is -2.34. The van der Waals surface area contributed by atoms with Crippen molar-refractivity contribution in [2.24, 2.45) is 11.7 Å². The van der Waals surface area contributed by atoms with E-state index in [9.17, 15) is 14.9 Å². The summed E-state index contributed by atoms with van der Waals surface area (Å²) in [6.45, 7) is 3.42. The maximum Gasteiger partial charge on any atom is 0.269 e. The van der Waals surface area contributed by atoms with Gasteiger partial charge in [0.05, 0.1) is 11.3 Å². The third-order valence-electron chi connectivity index (χ3n) is 3.55. The van der Waals surface area contributed by atoms with Crippen LogP contribution in [-0.2, 0) is 11.2 Å². The standard InChI is InChI=1S/C14H19N3O3/c1-10-6-12(15)9-16(8-10)14(18)7-11-2-4-13(5-3-11)17(19)20/h2-5,10,12H,6-9,15H2,1H3. The predicted octanol–water partition coefficient (Wildman–Crippen LogP) is 1.33. The number of piperidine rings is 1. The largest absolute Gasteiger partial charge is 0.341 e. The third-order valence-corrected chi connectivity index (χ3v) is 3.55. The highest BCUT2D eigenvalue weighted by molar-refractivity contribution is 5.79. The van der Waals surface area contributed by atoms with Gasteiger partial charge in [-0.3, -0.25) is 14.9 Å². The number of likely N-dealkylation sites (tertiary alicyclic amines) is 1. The Kier molecular flexibility index (Phi) is 4.34. The summed E-state index contributed by atoms with van der Waals surface area (Å²) in [4.78, 5) is 24.1. The van der Waals surface area contributed by atoms with E-state index in [1.54, 1.807) is 17.0 Å². The molecule has 0 bridgehead atoms. The second kappa shape index (κ2) is 6.00. The molecule has 6 nitrogen and oxygen atoms in total. The van der Waals surface area contributed by atoms with Crippen LogP contribution in [0.25, 0.3) is 0 Å². The molecule has 1 fully saturated rings. The molecule has 1 aromatic carbocycles. The normalized spacial score (nSPS) is 22.6. The molecule has 2 unspecified atom stereocenters. The molecule has 6 heteroatoms. The van der Waals surface area contributed by atoms with E-state index in [0.717, 1.165) is 18.5 Å². The van der Waals surface area contributed by atoms with Gasteiger partial charge in [0.1, 0.15) is 0 Å². The molecule has 0 radical (unpaired) electrons. The maximum atomic E-state index is 12.2. The van der Waals surface area contributed by atoms with Gasteiger partial charge in [0, 0.05) is 31.3 Å². The summed E-state index contributed by atoms with van der Waals surface area (Å²) < 4.78 is 0. The number of carbonyl (C=O) groups excluding carboxylic acids is 1. The van der Waals surface area contributed by atoms with Gasteiger partial charge >= 0.3 is 0 Å². The molecule has 1 aliphatic heterocycles. The van der Waals surface area contributed by atoms with Crippen molar-refractivity contribution >= 4 is 11.6 Å². The van der Waals surface area contributed by atoms with Crippen LogP contribution in [0, 0.1) is 16.0 Å². The first-order valence-electron chi connectivity index (χ1n) is 6.72. The molecule has 2 N–H and O–H groups in total. The van der Waals surface area contributed by atoms with Crippen LogP contribution < -0.4 is 5.73 Å². The quantitative estimate of drug-likeness (QED) is 0.666. The van der Waals surface area contributed by atoms with Gasteiger partial charge in [0.15, 0.2) is 0 Å². The molecular formula is C14H19N3O3. The minimum absolute atomic E-state index is 0.0286. The van der Waals surface area contributed by atoms with Gasteiger partial charge in [-0.1, -0.05) is 19.1 Å². The molecule has 1 aromatic rings. The average molecular weight is 277 g/mol. The van der Waals surface area contributed by atoms with Crippen LogP contribution in [-0.4, -0.2) is 34.9 Å². The van der Waals surface area contributed by atoms with E-state index < -0.39 is 4.92 Å². The highest BCUT2D eigenvalue weighted by Gasteiger charge is 2.25. The number of amides is 1. The van der Waals surface area contributed by atoms with Crippen molar-refractivity contribution in [1.29, 1.82) is 0 Å². The fourth-order valence-electron chi connectivity index (χ4n) is 2.63. The number of nitrogens with two attached hydrogens (primary N) is 1. The predicted molar refractivity (Wildman–Crippen MR) is 75.1 cm³/mol. The molecule has 20 heavy (non-hydrogen) atoms. The van der Waals surface area contributed by atoms with Crippen LogP contribution in [0.4, 0.5) is 5.69 Å². The summed E-state index contributed by atoms with van der Waals surface area (Å²) in [5.74, 6) is 0.445. The Labute approximate surface area is 117 Å². The van der Waals surface area contributed by atoms with E-state index >= 15 is 0 Å². The number of rotatable bonds is 3. The minimum atomic E-state index is -0.447. The van der Waals surface area contributed by atoms with Crippen molar-refractivity contribution in [3.05, 3.63) is 39.9 Å². The smallest absolute Gasteiger partial charge is 0.269 e. The molecule has 1 saturated heterocycles. The van der Waals surface area contributed by atoms with E-state index in [1.165, 1.54) is 12.1 Å². The molecule has 0 saturated carbocycles. The van der Waals surface area contributed by atoms with Crippen LogP contribution in [0.5, 0.6) is 0 Å². The number of nitro benzene ring substituents is 1. The van der Waals surface area contributed by atoms with Crippen molar-refractivity contribution in [1.82, 2.24) is 4.90 Å². The summed E-state index contributed by atoms with van der Waals surface area (Å²) in [5.41, 5.74) is 6.75. The topological polar surface area (TPSA) is 89.5 Å². The molecular weight excluding hydrogens is 258 g/mol. The number of carbonyl (C=O) groups is 1. The van der Waals surface area contributed by atoms with Gasteiger partial charge in [-0.25, -0.2) is 0 Å². The Bertz CT molecular complexity index is 491. The van der Waals surface area contributed by atoms with Gasteiger partial charge < -0.3 is 10.6 Å². The second-order valence-corrected chi connectivity index (χ2v) is 5.50. The van der Waals surface area contributed by atoms with Crippen LogP contribution >= 0.6 is 0 Å². The molecule has 1 aliphatic rings. The van der Waals surface area contributed by atoms with Crippen molar-refractivity contribution in [3.63, 3.8) is 0 Å². The first-order valence-corrected chi connectivity index (χ1v) is 6.72. The lowest BCUT2D eigenvalue weighted by atomic mass is 9.96. The van der Waals surface area contributed by atoms with E-state index in [1.807, 2.05) is 0 Å². The number of nitro groups is 1. The number of benzene rings is 1. The Balaban J connectivity index is 1.98. The molecule has 1 heterocycles. The van der Waals surface area contributed by atoms with Crippen molar-refractivity contribution in [2.45, 2.75) is 25.8 Å². The van der Waals surface area contributed by atoms with Crippen LogP contribution in [0.2, 0.25) is 0 Å². The summed E-state index contributed by atoms with van der Waals surface area (Å²) in [5, 5.41) is 10.6. The summed E-state index contributed by atoms with van der Waals surface area (Å²) in [6, 6.07) is 6.15. The first kappa shape index (κ1) is 14.5. The minimum Gasteiger partial charge on any atom is -0.341 e. The van der Waals surface area contributed by atoms with E-state index in [0.29, 0.717) is 12.5 Å². The maximum absolute atomic E-state index is 12.2.